The molecule has 7 nitrogen and oxygen atoms in total. The van der Waals surface area contributed by atoms with Crippen LogP contribution in [0.15, 0.2) is 42.5 Å². The first-order valence-corrected chi connectivity index (χ1v) is 11.7. The van der Waals surface area contributed by atoms with Gasteiger partial charge in [0, 0.05) is 38.0 Å². The number of hydrogen-bond donors (Lipinski definition) is 0. The third-order valence-corrected chi connectivity index (χ3v) is 6.95. The van der Waals surface area contributed by atoms with Crippen molar-refractivity contribution < 1.29 is 23.3 Å². The first kappa shape index (κ1) is 23.1. The van der Waals surface area contributed by atoms with Crippen molar-refractivity contribution in [2.24, 2.45) is 5.41 Å². The van der Waals surface area contributed by atoms with Crippen LogP contribution in [0, 0.1) is 22.6 Å². The van der Waals surface area contributed by atoms with Crippen LogP contribution in [0.5, 0.6) is 5.75 Å². The van der Waals surface area contributed by atoms with E-state index in [1.807, 2.05) is 24.3 Å². The van der Waals surface area contributed by atoms with Gasteiger partial charge in [-0.2, -0.15) is 5.26 Å². The molecule has 3 fully saturated rings. The van der Waals surface area contributed by atoms with E-state index in [1.165, 1.54) is 13.2 Å². The van der Waals surface area contributed by atoms with Crippen LogP contribution < -0.4 is 9.64 Å². The third-order valence-electron chi connectivity index (χ3n) is 6.95. The lowest BCUT2D eigenvalue weighted by molar-refractivity contribution is -0.269. The lowest BCUT2D eigenvalue weighted by atomic mass is 9.79. The Hall–Kier alpha value is -2.70. The summed E-state index contributed by atoms with van der Waals surface area (Å²) in [6.45, 7) is 6.11. The van der Waals surface area contributed by atoms with E-state index >= 15 is 0 Å². The predicted molar refractivity (Wildman–Crippen MR) is 124 cm³/mol. The van der Waals surface area contributed by atoms with Gasteiger partial charge in [-0.05, 0) is 29.8 Å². The Morgan fingerprint density at radius 1 is 1.18 bits per heavy atom. The molecule has 0 saturated carbocycles. The van der Waals surface area contributed by atoms with E-state index in [-0.39, 0.29) is 17.5 Å². The van der Waals surface area contributed by atoms with E-state index in [9.17, 15) is 9.65 Å². The van der Waals surface area contributed by atoms with Crippen molar-refractivity contribution in [1.29, 1.82) is 5.26 Å². The maximum atomic E-state index is 14.3. The van der Waals surface area contributed by atoms with Gasteiger partial charge in [-0.25, -0.2) is 4.39 Å². The topological polar surface area (TPSA) is 67.2 Å². The van der Waals surface area contributed by atoms with Crippen molar-refractivity contribution >= 4 is 5.69 Å². The SMILES string of the molecule is COc1ccc(CN(CCC2OCC3(CO2)CN(C2COC2)C3)c2ccccc2C#N)cc1F. The molecular formula is C26H30FN3O4. The fraction of sp³-hybridized carbons (Fsp3) is 0.500. The molecule has 2 aromatic rings. The molecule has 0 bridgehead atoms. The fourth-order valence-electron chi connectivity index (χ4n) is 4.90. The van der Waals surface area contributed by atoms with Gasteiger partial charge in [0.05, 0.1) is 50.8 Å². The number of rotatable bonds is 8. The lowest BCUT2D eigenvalue weighted by Crippen LogP contribution is -2.68. The minimum Gasteiger partial charge on any atom is -0.494 e. The highest BCUT2D eigenvalue weighted by atomic mass is 19.1. The second-order valence-corrected chi connectivity index (χ2v) is 9.46. The van der Waals surface area contributed by atoms with Crippen LogP contribution in [-0.2, 0) is 20.8 Å². The first-order valence-electron chi connectivity index (χ1n) is 11.7. The van der Waals surface area contributed by atoms with Crippen LogP contribution in [0.2, 0.25) is 0 Å². The summed E-state index contributed by atoms with van der Waals surface area (Å²) in [5.74, 6) is -0.189. The van der Waals surface area contributed by atoms with Crippen LogP contribution in [0.3, 0.4) is 0 Å². The largest absolute Gasteiger partial charge is 0.494 e. The van der Waals surface area contributed by atoms with Crippen molar-refractivity contribution in [2.75, 3.05) is 58.1 Å². The quantitative estimate of drug-likeness (QED) is 0.591. The van der Waals surface area contributed by atoms with Crippen LogP contribution >= 0.6 is 0 Å². The molecule has 0 N–H and O–H groups in total. The number of halogens is 1. The highest BCUT2D eigenvalue weighted by Crippen LogP contribution is 2.38. The Morgan fingerprint density at radius 3 is 2.59 bits per heavy atom. The molecule has 2 aromatic carbocycles. The molecule has 0 radical (unpaired) electrons. The molecule has 3 saturated heterocycles. The van der Waals surface area contributed by atoms with Gasteiger partial charge >= 0.3 is 0 Å². The Kier molecular flexibility index (Phi) is 6.70. The normalized spacial score (nSPS) is 20.4. The van der Waals surface area contributed by atoms with Crippen LogP contribution in [-0.4, -0.2) is 70.4 Å². The van der Waals surface area contributed by atoms with Crippen molar-refractivity contribution in [3.8, 4) is 11.8 Å². The number of benzene rings is 2. The Labute approximate surface area is 199 Å². The maximum Gasteiger partial charge on any atom is 0.165 e. The van der Waals surface area contributed by atoms with Gasteiger partial charge in [0.25, 0.3) is 0 Å². The molecule has 0 atom stereocenters. The van der Waals surface area contributed by atoms with E-state index in [0.717, 1.165) is 37.6 Å². The number of para-hydroxylation sites is 1. The second kappa shape index (κ2) is 9.88. The van der Waals surface area contributed by atoms with E-state index in [1.54, 1.807) is 12.1 Å². The van der Waals surface area contributed by atoms with E-state index in [2.05, 4.69) is 15.9 Å². The van der Waals surface area contributed by atoms with Gasteiger partial charge in [-0.15, -0.1) is 0 Å². The number of nitrogens with zero attached hydrogens (tertiary/aromatic N) is 3. The number of anilines is 1. The standard InChI is InChI=1S/C26H30FN3O4/c1-31-24-7-6-19(10-22(24)27)12-29(23-5-3-2-4-20(23)11-28)9-8-25-33-17-26(18-34-25)15-30(16-26)21-13-32-14-21/h2-7,10,21,25H,8-9,12-18H2,1H3. The van der Waals surface area contributed by atoms with E-state index in [0.29, 0.717) is 44.3 Å². The summed E-state index contributed by atoms with van der Waals surface area (Å²) in [6, 6.07) is 15.2. The minimum atomic E-state index is -0.402. The van der Waals surface area contributed by atoms with Gasteiger partial charge in [-0.3, -0.25) is 4.90 Å². The number of hydrogen-bond acceptors (Lipinski definition) is 7. The highest BCUT2D eigenvalue weighted by Gasteiger charge is 2.49. The summed E-state index contributed by atoms with van der Waals surface area (Å²) in [7, 11) is 1.45. The average molecular weight is 468 g/mol. The van der Waals surface area contributed by atoms with Crippen molar-refractivity contribution in [1.82, 2.24) is 4.90 Å². The second-order valence-electron chi connectivity index (χ2n) is 9.46. The molecule has 34 heavy (non-hydrogen) atoms. The van der Waals surface area contributed by atoms with Crippen molar-refractivity contribution in [3.05, 3.63) is 59.4 Å². The zero-order valence-corrected chi connectivity index (χ0v) is 19.4. The number of ether oxygens (including phenoxy) is 4. The van der Waals surface area contributed by atoms with E-state index < -0.39 is 5.82 Å². The summed E-state index contributed by atoms with van der Waals surface area (Å²) >= 11 is 0. The molecule has 3 aliphatic rings. The smallest absolute Gasteiger partial charge is 0.165 e. The molecule has 3 heterocycles. The molecular weight excluding hydrogens is 437 g/mol. The van der Waals surface area contributed by atoms with Crippen molar-refractivity contribution in [3.63, 3.8) is 0 Å². The molecule has 0 aliphatic carbocycles. The van der Waals surface area contributed by atoms with Crippen LogP contribution in [0.25, 0.3) is 0 Å². The summed E-state index contributed by atoms with van der Waals surface area (Å²) in [4.78, 5) is 4.53. The molecule has 8 heteroatoms. The Balaban J connectivity index is 1.22. The molecule has 180 valence electrons. The fourth-order valence-corrected chi connectivity index (χ4v) is 4.90. The average Bonchev–Trinajstić information content (AvgIpc) is 2.80. The third kappa shape index (κ3) is 4.75. The Morgan fingerprint density at radius 2 is 1.94 bits per heavy atom. The van der Waals surface area contributed by atoms with Gasteiger partial charge in [-0.1, -0.05) is 18.2 Å². The number of methoxy groups -OCH3 is 1. The molecule has 0 amide bonds. The summed E-state index contributed by atoms with van der Waals surface area (Å²) < 4.78 is 36.8. The maximum absolute atomic E-state index is 14.3. The van der Waals surface area contributed by atoms with Gasteiger partial charge in [0.2, 0.25) is 0 Å². The molecule has 3 aliphatic heterocycles. The van der Waals surface area contributed by atoms with Gasteiger partial charge in [0.1, 0.15) is 6.07 Å². The monoisotopic (exact) mass is 467 g/mol. The Bertz CT molecular complexity index is 1040. The van der Waals surface area contributed by atoms with Crippen LogP contribution in [0.1, 0.15) is 17.5 Å². The molecule has 0 aromatic heterocycles. The first-order chi connectivity index (χ1) is 16.6. The minimum absolute atomic E-state index is 0.0970. The lowest BCUT2D eigenvalue weighted by Gasteiger charge is -2.56. The zero-order valence-electron chi connectivity index (χ0n) is 19.4. The molecule has 1 spiro atoms. The van der Waals surface area contributed by atoms with Gasteiger partial charge in [0.15, 0.2) is 17.9 Å². The van der Waals surface area contributed by atoms with Crippen LogP contribution in [0.4, 0.5) is 10.1 Å². The predicted octanol–water partition coefficient (Wildman–Crippen LogP) is 3.18. The highest BCUT2D eigenvalue weighted by molar-refractivity contribution is 5.59. The van der Waals surface area contributed by atoms with E-state index in [4.69, 9.17) is 18.9 Å². The number of likely N-dealkylation sites (tertiary alicyclic amines) is 1. The summed E-state index contributed by atoms with van der Waals surface area (Å²) in [5, 5.41) is 9.62. The molecule has 5 rings (SSSR count). The van der Waals surface area contributed by atoms with Gasteiger partial charge < -0.3 is 23.8 Å². The summed E-state index contributed by atoms with van der Waals surface area (Å²) in [5.41, 5.74) is 2.28. The molecule has 0 unspecified atom stereocenters. The van der Waals surface area contributed by atoms with Crippen molar-refractivity contribution in [2.45, 2.75) is 25.3 Å². The number of nitriles is 1. The zero-order chi connectivity index (χ0) is 23.5. The summed E-state index contributed by atoms with van der Waals surface area (Å²) in [6.07, 6.45) is 0.352.